The van der Waals surface area contributed by atoms with E-state index >= 15 is 0 Å². The van der Waals surface area contributed by atoms with E-state index in [4.69, 9.17) is 14.2 Å². The lowest BCUT2D eigenvalue weighted by Crippen LogP contribution is -2.45. The minimum Gasteiger partial charge on any atom is -0.379 e. The van der Waals surface area contributed by atoms with Crippen molar-refractivity contribution in [2.45, 2.75) is 13.3 Å². The molecular weight excluding hydrogens is 338 g/mol. The van der Waals surface area contributed by atoms with Gasteiger partial charge >= 0.3 is 6.09 Å². The first-order valence-electron chi connectivity index (χ1n) is 7.60. The number of hydroxylamine groups is 2. The molecule has 0 spiro atoms. The van der Waals surface area contributed by atoms with Crippen molar-refractivity contribution in [2.75, 3.05) is 39.6 Å². The summed E-state index contributed by atoms with van der Waals surface area (Å²) in [4.78, 5) is 49.5. The highest BCUT2D eigenvalue weighted by Crippen LogP contribution is 2.03. The van der Waals surface area contributed by atoms with Crippen LogP contribution in [0.2, 0.25) is 0 Å². The van der Waals surface area contributed by atoms with E-state index in [9.17, 15) is 19.2 Å². The Balaban J connectivity index is 1.99. The average molecular weight is 359 g/mol. The highest BCUT2D eigenvalue weighted by atomic mass is 16.7. The molecule has 0 bridgehead atoms. The minimum absolute atomic E-state index is 0.0116. The third-order valence-corrected chi connectivity index (χ3v) is 2.67. The molecule has 0 fully saturated rings. The van der Waals surface area contributed by atoms with Gasteiger partial charge in [0.1, 0.15) is 0 Å². The van der Waals surface area contributed by atoms with Gasteiger partial charge in [-0.1, -0.05) is 5.06 Å². The number of nitrogens with zero attached hydrogens (tertiary/aromatic N) is 1. The highest BCUT2D eigenvalue weighted by molar-refractivity contribution is 6.12. The summed E-state index contributed by atoms with van der Waals surface area (Å²) in [5.74, 6) is -2.11. The summed E-state index contributed by atoms with van der Waals surface area (Å²) in [6.45, 7) is 4.35. The molecular formula is C14H21N3O8. The van der Waals surface area contributed by atoms with Crippen LogP contribution in [0.5, 0.6) is 0 Å². The van der Waals surface area contributed by atoms with E-state index in [0.717, 1.165) is 12.2 Å². The highest BCUT2D eigenvalue weighted by Gasteiger charge is 2.27. The molecule has 4 amide bonds. The van der Waals surface area contributed by atoms with Gasteiger partial charge in [-0.25, -0.2) is 10.2 Å². The van der Waals surface area contributed by atoms with Crippen molar-refractivity contribution in [3.05, 3.63) is 12.2 Å². The molecule has 1 rings (SSSR count). The fraction of sp³-hybridized carbons (Fsp3) is 0.571. The summed E-state index contributed by atoms with van der Waals surface area (Å²) in [5.41, 5.74) is 3.95. The van der Waals surface area contributed by atoms with Gasteiger partial charge in [-0.05, 0) is 6.92 Å². The zero-order chi connectivity index (χ0) is 18.5. The van der Waals surface area contributed by atoms with Crippen LogP contribution in [0.4, 0.5) is 4.79 Å². The third-order valence-electron chi connectivity index (χ3n) is 2.67. The van der Waals surface area contributed by atoms with Crippen LogP contribution >= 0.6 is 0 Å². The summed E-state index contributed by atoms with van der Waals surface area (Å²) < 4.78 is 15.5. The fourth-order valence-electron chi connectivity index (χ4n) is 1.51. The Kier molecular flexibility index (Phi) is 9.82. The molecule has 11 heteroatoms. The van der Waals surface area contributed by atoms with Gasteiger partial charge < -0.3 is 19.0 Å². The second kappa shape index (κ2) is 11.9. The van der Waals surface area contributed by atoms with Crippen molar-refractivity contribution in [3.8, 4) is 0 Å². The normalized spacial score (nSPS) is 13.2. The standard InChI is InChI=1S/C14H21N3O8/c1-2-22-7-8-24-10-9-23-6-5-11(18)15-16-14(21)25-17-12(19)3-4-13(17)20/h3-4H,2,5-10H2,1H3,(H,15,18)(H,16,21). The Labute approximate surface area is 144 Å². The van der Waals surface area contributed by atoms with E-state index in [1.807, 2.05) is 12.3 Å². The van der Waals surface area contributed by atoms with Crippen LogP contribution in [0.1, 0.15) is 13.3 Å². The molecule has 0 aromatic heterocycles. The molecule has 0 saturated carbocycles. The SMILES string of the molecule is CCOCCOCCOCCC(=O)NNC(=O)ON1C(=O)C=CC1=O. The zero-order valence-electron chi connectivity index (χ0n) is 13.8. The number of hydrazine groups is 1. The molecule has 1 aliphatic heterocycles. The predicted molar refractivity (Wildman–Crippen MR) is 81.5 cm³/mol. The van der Waals surface area contributed by atoms with Gasteiger partial charge in [0.2, 0.25) is 5.91 Å². The maximum Gasteiger partial charge on any atom is 0.451 e. The lowest BCUT2D eigenvalue weighted by atomic mass is 10.4. The topological polar surface area (TPSA) is 132 Å². The van der Waals surface area contributed by atoms with Gasteiger partial charge in [0.05, 0.1) is 39.5 Å². The molecule has 0 aliphatic carbocycles. The summed E-state index contributed by atoms with van der Waals surface area (Å²) in [7, 11) is 0. The van der Waals surface area contributed by atoms with E-state index in [-0.39, 0.29) is 18.1 Å². The fourth-order valence-corrected chi connectivity index (χ4v) is 1.51. The smallest absolute Gasteiger partial charge is 0.379 e. The van der Waals surface area contributed by atoms with E-state index in [2.05, 4.69) is 10.3 Å². The van der Waals surface area contributed by atoms with E-state index in [1.54, 1.807) is 0 Å². The van der Waals surface area contributed by atoms with Crippen LogP contribution in [-0.4, -0.2) is 68.5 Å². The van der Waals surface area contributed by atoms with Crippen LogP contribution < -0.4 is 10.9 Å². The lowest BCUT2D eigenvalue weighted by molar-refractivity contribution is -0.169. The molecule has 0 saturated heterocycles. The quantitative estimate of drug-likeness (QED) is 0.274. The Morgan fingerprint density at radius 2 is 1.48 bits per heavy atom. The Bertz CT molecular complexity index is 490. The largest absolute Gasteiger partial charge is 0.451 e. The van der Waals surface area contributed by atoms with Gasteiger partial charge in [-0.3, -0.25) is 19.8 Å². The maximum absolute atomic E-state index is 11.5. The van der Waals surface area contributed by atoms with Crippen LogP contribution in [0.3, 0.4) is 0 Å². The van der Waals surface area contributed by atoms with Crippen LogP contribution in [0.25, 0.3) is 0 Å². The number of rotatable bonds is 11. The van der Waals surface area contributed by atoms with Crippen molar-refractivity contribution in [1.29, 1.82) is 0 Å². The molecule has 0 atom stereocenters. The van der Waals surface area contributed by atoms with Crippen molar-refractivity contribution in [1.82, 2.24) is 15.9 Å². The lowest BCUT2D eigenvalue weighted by Gasteiger charge is -2.13. The van der Waals surface area contributed by atoms with Crippen LogP contribution in [0.15, 0.2) is 12.2 Å². The molecule has 1 heterocycles. The Hall–Kier alpha value is -2.50. The van der Waals surface area contributed by atoms with Crippen LogP contribution in [-0.2, 0) is 33.4 Å². The van der Waals surface area contributed by atoms with Gasteiger partial charge in [-0.2, -0.15) is 0 Å². The van der Waals surface area contributed by atoms with E-state index in [1.165, 1.54) is 0 Å². The maximum atomic E-state index is 11.5. The molecule has 0 aromatic carbocycles. The van der Waals surface area contributed by atoms with E-state index in [0.29, 0.717) is 33.0 Å². The first-order chi connectivity index (χ1) is 12.0. The molecule has 0 unspecified atom stereocenters. The number of hydrogen-bond acceptors (Lipinski definition) is 8. The van der Waals surface area contributed by atoms with Crippen LogP contribution in [0, 0.1) is 0 Å². The molecule has 1 aliphatic rings. The minimum atomic E-state index is -1.18. The van der Waals surface area contributed by atoms with Gasteiger partial charge in [-0.15, -0.1) is 0 Å². The molecule has 25 heavy (non-hydrogen) atoms. The number of ether oxygens (including phenoxy) is 3. The van der Waals surface area contributed by atoms with Crippen molar-refractivity contribution >= 4 is 23.8 Å². The first-order valence-corrected chi connectivity index (χ1v) is 7.60. The van der Waals surface area contributed by atoms with Gasteiger partial charge in [0.15, 0.2) is 0 Å². The number of amides is 4. The zero-order valence-corrected chi connectivity index (χ0v) is 13.8. The first kappa shape index (κ1) is 20.5. The molecule has 0 radical (unpaired) electrons. The number of nitrogens with one attached hydrogen (secondary N) is 2. The summed E-state index contributed by atoms with van der Waals surface area (Å²) in [6, 6.07) is 0. The second-order valence-corrected chi connectivity index (χ2v) is 4.53. The molecule has 11 nitrogen and oxygen atoms in total. The summed E-state index contributed by atoms with van der Waals surface area (Å²) in [6.07, 6.45) is 0.711. The average Bonchev–Trinajstić information content (AvgIpc) is 2.90. The number of carbonyl (C=O) groups excluding carboxylic acids is 4. The van der Waals surface area contributed by atoms with Crippen molar-refractivity contribution in [3.63, 3.8) is 0 Å². The van der Waals surface area contributed by atoms with Crippen molar-refractivity contribution < 1.29 is 38.2 Å². The van der Waals surface area contributed by atoms with E-state index < -0.39 is 23.8 Å². The summed E-state index contributed by atoms with van der Waals surface area (Å²) in [5, 5.41) is 0.260. The van der Waals surface area contributed by atoms with Crippen molar-refractivity contribution in [2.24, 2.45) is 0 Å². The molecule has 0 aromatic rings. The van der Waals surface area contributed by atoms with Gasteiger partial charge in [0.25, 0.3) is 11.8 Å². The number of hydrogen-bond donors (Lipinski definition) is 2. The molecule has 140 valence electrons. The molecule has 2 N–H and O–H groups in total. The summed E-state index contributed by atoms with van der Waals surface area (Å²) >= 11 is 0. The monoisotopic (exact) mass is 359 g/mol. The van der Waals surface area contributed by atoms with Gasteiger partial charge in [0, 0.05) is 18.8 Å². The third kappa shape index (κ3) is 8.79. The second-order valence-electron chi connectivity index (χ2n) is 4.53. The predicted octanol–water partition coefficient (Wildman–Crippen LogP) is -0.956. The Morgan fingerprint density at radius 1 is 0.920 bits per heavy atom. The number of imide groups is 1. The Morgan fingerprint density at radius 3 is 2.08 bits per heavy atom. The number of carbonyl (C=O) groups is 4.